The first-order valence-electron chi connectivity index (χ1n) is 7.73. The average molecular weight is 322 g/mol. The highest BCUT2D eigenvalue weighted by Gasteiger charge is 2.06. The lowest BCUT2D eigenvalue weighted by molar-refractivity contribution is 0.628. The monoisotopic (exact) mass is 322 g/mol. The second-order valence-corrected chi connectivity index (χ2v) is 5.73. The number of nitrogens with zero attached hydrogens (tertiary/aromatic N) is 2. The molecule has 24 heavy (non-hydrogen) atoms. The zero-order valence-electron chi connectivity index (χ0n) is 13.9. The van der Waals surface area contributed by atoms with Crippen molar-refractivity contribution in [3.8, 4) is 0 Å². The molecule has 0 aliphatic carbocycles. The Morgan fingerprint density at radius 1 is 0.875 bits per heavy atom. The molecule has 4 nitrogen and oxygen atoms in total. The predicted octanol–water partition coefficient (Wildman–Crippen LogP) is 5.03. The standard InChI is InChI=1S/C19H19FN4/c1-12-6-4-9-17(14(12)3)23-18-10-13(2)21-19(24-18)22-16-8-5-7-15(20)11-16/h4-11H,1-3H3,(H2,21,22,23,24). The first-order valence-corrected chi connectivity index (χ1v) is 7.73. The second kappa shape index (κ2) is 6.66. The van der Waals surface area contributed by atoms with Gasteiger partial charge in [0.15, 0.2) is 0 Å². The van der Waals surface area contributed by atoms with Crippen molar-refractivity contribution in [2.45, 2.75) is 20.8 Å². The molecule has 1 heterocycles. The molecule has 1 aromatic heterocycles. The Morgan fingerprint density at radius 2 is 1.67 bits per heavy atom. The highest BCUT2D eigenvalue weighted by atomic mass is 19.1. The van der Waals surface area contributed by atoms with Gasteiger partial charge in [-0.25, -0.2) is 9.37 Å². The van der Waals surface area contributed by atoms with Crippen molar-refractivity contribution in [3.05, 3.63) is 71.2 Å². The summed E-state index contributed by atoms with van der Waals surface area (Å²) in [4.78, 5) is 8.82. The Bertz CT molecular complexity index is 877. The normalized spacial score (nSPS) is 10.5. The molecule has 0 atom stereocenters. The van der Waals surface area contributed by atoms with Crippen LogP contribution in [0.15, 0.2) is 48.5 Å². The molecule has 0 fully saturated rings. The van der Waals surface area contributed by atoms with Crippen molar-refractivity contribution in [3.63, 3.8) is 0 Å². The molecule has 2 aromatic carbocycles. The largest absolute Gasteiger partial charge is 0.340 e. The van der Waals surface area contributed by atoms with Crippen LogP contribution in [0.4, 0.5) is 27.5 Å². The number of nitrogens with one attached hydrogen (secondary N) is 2. The minimum atomic E-state index is -0.304. The van der Waals surface area contributed by atoms with Crippen LogP contribution in [0.1, 0.15) is 16.8 Å². The Labute approximate surface area is 140 Å². The molecule has 0 radical (unpaired) electrons. The number of aryl methyl sites for hydroxylation is 2. The van der Waals surface area contributed by atoms with Crippen molar-refractivity contribution >= 4 is 23.1 Å². The Morgan fingerprint density at radius 3 is 2.46 bits per heavy atom. The van der Waals surface area contributed by atoms with Gasteiger partial charge in [-0.15, -0.1) is 0 Å². The number of hydrogen-bond acceptors (Lipinski definition) is 4. The third-order valence-electron chi connectivity index (χ3n) is 3.80. The maximum Gasteiger partial charge on any atom is 0.229 e. The molecule has 0 amide bonds. The molecule has 0 spiro atoms. The van der Waals surface area contributed by atoms with Gasteiger partial charge in [-0.2, -0.15) is 4.98 Å². The number of rotatable bonds is 4. The van der Waals surface area contributed by atoms with E-state index >= 15 is 0 Å². The van der Waals surface area contributed by atoms with Crippen molar-refractivity contribution < 1.29 is 4.39 Å². The molecule has 5 heteroatoms. The summed E-state index contributed by atoms with van der Waals surface area (Å²) < 4.78 is 13.3. The van der Waals surface area contributed by atoms with Crippen molar-refractivity contribution in [2.75, 3.05) is 10.6 Å². The van der Waals surface area contributed by atoms with Gasteiger partial charge in [-0.1, -0.05) is 18.2 Å². The molecule has 0 bridgehead atoms. The lowest BCUT2D eigenvalue weighted by atomic mass is 10.1. The maximum atomic E-state index is 13.3. The Kier molecular flexibility index (Phi) is 4.42. The molecule has 0 saturated carbocycles. The van der Waals surface area contributed by atoms with E-state index in [9.17, 15) is 4.39 Å². The Balaban J connectivity index is 1.87. The third-order valence-corrected chi connectivity index (χ3v) is 3.80. The zero-order valence-corrected chi connectivity index (χ0v) is 13.9. The van der Waals surface area contributed by atoms with Gasteiger partial charge in [0.2, 0.25) is 5.95 Å². The van der Waals surface area contributed by atoms with Crippen LogP contribution >= 0.6 is 0 Å². The van der Waals surface area contributed by atoms with E-state index in [0.29, 0.717) is 17.5 Å². The summed E-state index contributed by atoms with van der Waals surface area (Å²) in [5, 5.41) is 6.36. The van der Waals surface area contributed by atoms with E-state index in [1.165, 1.54) is 23.3 Å². The molecule has 3 aromatic rings. The van der Waals surface area contributed by atoms with Gasteiger partial charge in [-0.05, 0) is 56.2 Å². The lowest BCUT2D eigenvalue weighted by Crippen LogP contribution is -2.03. The van der Waals surface area contributed by atoms with Crippen LogP contribution in [-0.4, -0.2) is 9.97 Å². The summed E-state index contributed by atoms with van der Waals surface area (Å²) in [6.07, 6.45) is 0. The SMILES string of the molecule is Cc1cc(Nc2cccc(C)c2C)nc(Nc2cccc(F)c2)n1. The lowest BCUT2D eigenvalue weighted by Gasteiger charge is -2.13. The maximum absolute atomic E-state index is 13.3. The van der Waals surface area contributed by atoms with Crippen molar-refractivity contribution in [1.82, 2.24) is 9.97 Å². The highest BCUT2D eigenvalue weighted by molar-refractivity contribution is 5.64. The van der Waals surface area contributed by atoms with Gasteiger partial charge in [-0.3, -0.25) is 0 Å². The van der Waals surface area contributed by atoms with Crippen LogP contribution in [0.5, 0.6) is 0 Å². The number of aromatic nitrogens is 2. The minimum Gasteiger partial charge on any atom is -0.340 e. The molecular formula is C19H19FN4. The third kappa shape index (κ3) is 3.68. The first kappa shape index (κ1) is 15.9. The molecule has 0 unspecified atom stereocenters. The number of halogens is 1. The fourth-order valence-electron chi connectivity index (χ4n) is 2.41. The van der Waals surface area contributed by atoms with E-state index in [0.717, 1.165) is 11.4 Å². The second-order valence-electron chi connectivity index (χ2n) is 5.73. The van der Waals surface area contributed by atoms with E-state index < -0.39 is 0 Å². The predicted molar refractivity (Wildman–Crippen MR) is 95.7 cm³/mol. The van der Waals surface area contributed by atoms with E-state index in [1.54, 1.807) is 12.1 Å². The van der Waals surface area contributed by atoms with Gasteiger partial charge >= 0.3 is 0 Å². The van der Waals surface area contributed by atoms with Crippen LogP contribution in [0.3, 0.4) is 0 Å². The van der Waals surface area contributed by atoms with Gasteiger partial charge in [0.1, 0.15) is 11.6 Å². The zero-order chi connectivity index (χ0) is 17.1. The Hall–Kier alpha value is -2.95. The van der Waals surface area contributed by atoms with Gasteiger partial charge in [0, 0.05) is 23.1 Å². The average Bonchev–Trinajstić information content (AvgIpc) is 2.51. The van der Waals surface area contributed by atoms with E-state index in [4.69, 9.17) is 0 Å². The van der Waals surface area contributed by atoms with Crippen LogP contribution in [0, 0.1) is 26.6 Å². The van der Waals surface area contributed by atoms with Crippen LogP contribution in [-0.2, 0) is 0 Å². The van der Waals surface area contributed by atoms with Crippen molar-refractivity contribution in [2.24, 2.45) is 0 Å². The first-order chi connectivity index (χ1) is 11.5. The van der Waals surface area contributed by atoms with Crippen LogP contribution < -0.4 is 10.6 Å². The van der Waals surface area contributed by atoms with Crippen molar-refractivity contribution in [1.29, 1.82) is 0 Å². The number of hydrogen-bond donors (Lipinski definition) is 2. The van der Waals surface area contributed by atoms with E-state index in [2.05, 4.69) is 40.5 Å². The minimum absolute atomic E-state index is 0.304. The fraction of sp³-hybridized carbons (Fsp3) is 0.158. The number of anilines is 4. The molecule has 3 rings (SSSR count). The smallest absolute Gasteiger partial charge is 0.229 e. The van der Waals surface area contributed by atoms with E-state index in [-0.39, 0.29) is 5.82 Å². The molecule has 0 aliphatic rings. The summed E-state index contributed by atoms with van der Waals surface area (Å²) in [5.41, 5.74) is 4.82. The summed E-state index contributed by atoms with van der Waals surface area (Å²) in [6, 6.07) is 14.2. The summed E-state index contributed by atoms with van der Waals surface area (Å²) in [7, 11) is 0. The quantitative estimate of drug-likeness (QED) is 0.707. The molecule has 0 aliphatic heterocycles. The topological polar surface area (TPSA) is 49.8 Å². The summed E-state index contributed by atoms with van der Waals surface area (Å²) in [5.74, 6) is 0.810. The van der Waals surface area contributed by atoms with E-state index in [1.807, 2.05) is 25.1 Å². The summed E-state index contributed by atoms with van der Waals surface area (Å²) in [6.45, 7) is 6.03. The van der Waals surface area contributed by atoms with Gasteiger partial charge < -0.3 is 10.6 Å². The molecule has 0 saturated heterocycles. The van der Waals surface area contributed by atoms with Crippen LogP contribution in [0.2, 0.25) is 0 Å². The summed E-state index contributed by atoms with van der Waals surface area (Å²) >= 11 is 0. The van der Waals surface area contributed by atoms with Gasteiger partial charge in [0.25, 0.3) is 0 Å². The molecule has 122 valence electrons. The number of benzene rings is 2. The fourth-order valence-corrected chi connectivity index (χ4v) is 2.41. The van der Waals surface area contributed by atoms with Crippen LogP contribution in [0.25, 0.3) is 0 Å². The highest BCUT2D eigenvalue weighted by Crippen LogP contribution is 2.23. The van der Waals surface area contributed by atoms with Gasteiger partial charge in [0.05, 0.1) is 0 Å². The molecule has 2 N–H and O–H groups in total. The molecular weight excluding hydrogens is 303 g/mol.